The van der Waals surface area contributed by atoms with Gasteiger partial charge in [-0.15, -0.1) is 26.3 Å². The Morgan fingerprint density at radius 2 is 0.659 bits per heavy atom. The van der Waals surface area contributed by atoms with Gasteiger partial charge in [0, 0.05) is 89.6 Å². The fourth-order valence-electron chi connectivity index (χ4n) is 5.75. The van der Waals surface area contributed by atoms with Crippen LogP contribution in [0.5, 0.6) is 0 Å². The lowest BCUT2D eigenvalue weighted by molar-refractivity contribution is -0.566. The van der Waals surface area contributed by atoms with E-state index in [1.165, 1.54) is 4.74 Å². The first-order valence-electron chi connectivity index (χ1n) is 23.0. The Hall–Kier alpha value is -2.32. The number of halogens is 27. The second-order valence-electron chi connectivity index (χ2n) is 16.8. The highest BCUT2D eigenvalue weighted by Crippen LogP contribution is 2.60. The quantitative estimate of drug-likeness (QED) is 0.0329. The van der Waals surface area contributed by atoms with E-state index in [1.807, 2.05) is 12.2 Å². The first-order valence-corrected chi connectivity index (χ1v) is 28.3. The van der Waals surface area contributed by atoms with Crippen LogP contribution >= 0.6 is 0 Å². The number of hydrogen-bond donors (Lipinski definition) is 0. The molecule has 0 saturated carbocycles. The van der Waals surface area contributed by atoms with Gasteiger partial charge in [0.15, 0.2) is 0 Å². The lowest BCUT2D eigenvalue weighted by Gasteiger charge is -2.40. The van der Waals surface area contributed by atoms with Crippen LogP contribution in [0.2, 0.25) is 12.1 Å². The minimum atomic E-state index is -8.78. The lowest BCUT2D eigenvalue weighted by Crippen LogP contribution is -2.68. The summed E-state index contributed by atoms with van der Waals surface area (Å²) in [7, 11) is 7.63. The smallest absolute Gasteiger partial charge is 0.379 e. The predicted octanol–water partition coefficient (Wildman–Crippen LogP) is 14.3. The zero-order valence-corrected chi connectivity index (χ0v) is 49.9. The molecular formula is C41H65F27O14Si3. The van der Waals surface area contributed by atoms with Crippen molar-refractivity contribution in [2.45, 2.75) is 150 Å². The van der Waals surface area contributed by atoms with Crippen molar-refractivity contribution in [3.63, 3.8) is 0 Å². The molecule has 0 rings (SSSR count). The minimum Gasteiger partial charge on any atom is -0.379 e. The maximum Gasteiger partial charge on any atom is 0.522 e. The third-order valence-electron chi connectivity index (χ3n) is 10.7. The van der Waals surface area contributed by atoms with Gasteiger partial charge >= 0.3 is 106 Å². The van der Waals surface area contributed by atoms with E-state index < -0.39 is 126 Å². The second-order valence-corrected chi connectivity index (χ2v) is 25.0. The maximum absolute atomic E-state index is 13.5. The summed E-state index contributed by atoms with van der Waals surface area (Å²) in [5.74, 6) is -39.5. The molecule has 0 spiro atoms. The van der Waals surface area contributed by atoms with E-state index in [-0.39, 0.29) is 0 Å². The van der Waals surface area contributed by atoms with Crippen LogP contribution in [-0.4, -0.2) is 184 Å². The van der Waals surface area contributed by atoms with E-state index in [4.69, 9.17) is 39.8 Å². The largest absolute Gasteiger partial charge is 0.522 e. The van der Waals surface area contributed by atoms with E-state index in [2.05, 4.69) is 36.5 Å². The molecule has 14 nitrogen and oxygen atoms in total. The molecule has 0 heterocycles. The fourth-order valence-corrected chi connectivity index (χ4v) is 9.82. The van der Waals surface area contributed by atoms with Gasteiger partial charge in [-0.1, -0.05) is 38.8 Å². The van der Waals surface area contributed by atoms with Crippen molar-refractivity contribution in [1.82, 2.24) is 0 Å². The highest BCUT2D eigenvalue weighted by Gasteiger charge is 2.88. The van der Waals surface area contributed by atoms with E-state index in [1.54, 1.807) is 64.0 Å². The van der Waals surface area contributed by atoms with Gasteiger partial charge in [0.25, 0.3) is 0 Å². The molecule has 0 aromatic rings. The third kappa shape index (κ3) is 25.5. The van der Waals surface area contributed by atoms with Crippen molar-refractivity contribution in [2.75, 3.05) is 77.7 Å². The number of alkyl halides is 27. The first-order chi connectivity index (χ1) is 38.0. The van der Waals surface area contributed by atoms with E-state index in [0.717, 1.165) is 66.0 Å². The average Bonchev–Trinajstić information content (AvgIpc) is 1.23. The highest BCUT2D eigenvalue weighted by molar-refractivity contribution is 6.60. The van der Waals surface area contributed by atoms with E-state index in [0.29, 0.717) is 5.92 Å². The molecule has 0 aromatic carbocycles. The Kier molecular flexibility index (Phi) is 37.0. The number of allylic oxidation sites excluding steroid dienone is 2. The molecule has 0 saturated heterocycles. The highest BCUT2D eigenvalue weighted by atomic mass is 28.4. The average molecular weight is 1380 g/mol. The summed E-state index contributed by atoms with van der Waals surface area (Å²) in [6.45, 7) is 8.95. The molecule has 44 heteroatoms. The second kappa shape index (κ2) is 35.3. The van der Waals surface area contributed by atoms with Crippen LogP contribution in [0, 0.1) is 11.8 Å². The van der Waals surface area contributed by atoms with Crippen molar-refractivity contribution in [2.24, 2.45) is 11.8 Å². The first kappa shape index (κ1) is 89.1. The van der Waals surface area contributed by atoms with Crippen LogP contribution in [0.1, 0.15) is 58.8 Å². The summed E-state index contributed by atoms with van der Waals surface area (Å²) in [5, 5.41) is 0. The van der Waals surface area contributed by atoms with E-state index >= 15 is 0 Å². The Bertz CT molecular complexity index is 1810. The number of rotatable bonds is 39. The van der Waals surface area contributed by atoms with Crippen LogP contribution in [0.4, 0.5) is 119 Å². The summed E-state index contributed by atoms with van der Waals surface area (Å²) in [4.78, 5) is 0. The zero-order chi connectivity index (χ0) is 68.6. The molecule has 0 bridgehead atoms. The molecule has 0 atom stereocenters. The minimum absolute atomic E-state index is 0.547. The molecule has 514 valence electrons. The van der Waals surface area contributed by atoms with Gasteiger partial charge in [0.05, 0.1) is 6.61 Å². The van der Waals surface area contributed by atoms with Crippen LogP contribution in [0.3, 0.4) is 0 Å². The van der Waals surface area contributed by atoms with Crippen LogP contribution < -0.4 is 0 Å². The Morgan fingerprint density at radius 1 is 0.388 bits per heavy atom. The Balaban J connectivity index is -0.000000717. The van der Waals surface area contributed by atoms with Gasteiger partial charge in [0.1, 0.15) is 0 Å². The SMILES string of the molecule is C=CCC(C)CC=C.COC(F)(F)C(F)(F)OC(F)(F)C(F)(F)C(F)(F)C(F)(F)OC(F)(F)C(F)(F)OC(F)(F)C(F)(F)C(F)(F)C(F)(F)CCOC(F)(F)F.CO[SiH](OC)OC.CO[Si](CCCC(C)CCC[Si](OC)(OC)OC)(OC)OC. The van der Waals surface area contributed by atoms with Gasteiger partial charge in [-0.2, -0.15) is 105 Å². The summed E-state index contributed by atoms with van der Waals surface area (Å²) in [5.41, 5.74) is 0. The van der Waals surface area contributed by atoms with Crippen molar-refractivity contribution in [3.05, 3.63) is 25.3 Å². The molecule has 0 aliphatic heterocycles. The molecule has 0 amide bonds. The topological polar surface area (TPSA) is 129 Å². The van der Waals surface area contributed by atoms with Gasteiger partial charge in [-0.05, 0) is 37.5 Å². The third-order valence-corrected chi connectivity index (χ3v) is 17.5. The summed E-state index contributed by atoms with van der Waals surface area (Å²) >= 11 is 0. The molecule has 0 radical (unpaired) electrons. The van der Waals surface area contributed by atoms with Crippen LogP contribution in [0.25, 0.3) is 0 Å². The van der Waals surface area contributed by atoms with Gasteiger partial charge in [0.2, 0.25) is 0 Å². The number of hydrogen-bond acceptors (Lipinski definition) is 14. The molecule has 0 fully saturated rings. The van der Waals surface area contributed by atoms with Crippen LogP contribution in [0.15, 0.2) is 25.3 Å². The summed E-state index contributed by atoms with van der Waals surface area (Å²) in [6, 6.07) is 1.71. The fraction of sp³-hybridized carbons (Fsp3) is 0.902. The molecule has 0 N–H and O–H groups in total. The standard InChI is InChI=1S/C16H7F27O5.C14H34O6Si2.C8H14.C3H10O3Si/c1-44-12(33,34)13(35,36)46-10(29,30)7(23,24)8(25,26)11(31,32)48-15(39,40)14(37,38)47-9(27,28)6(21,22)5(19,20)4(17,18)2-3-45-16(41,42)43;1-14(10-8-12-21(15-2,16-3)17-4)11-9-13-22(18-5,19-6)20-7;1-4-6-8(3)7-5-2;1-4-7(5-2)6-3/h2-3H2,1H3;14H,8-13H2,1-7H3;4-5,8H,1-2,6-7H2,3H3;7H,1-3H3. The summed E-state index contributed by atoms with van der Waals surface area (Å²) < 4.78 is 411. The van der Waals surface area contributed by atoms with Crippen molar-refractivity contribution >= 4 is 27.1 Å². The van der Waals surface area contributed by atoms with Crippen molar-refractivity contribution in [1.29, 1.82) is 0 Å². The monoisotopic (exact) mass is 1380 g/mol. The number of ether oxygens (including phenoxy) is 5. The molecule has 0 aromatic heterocycles. The Morgan fingerprint density at radius 3 is 0.882 bits per heavy atom. The lowest BCUT2D eigenvalue weighted by atomic mass is 10.0. The van der Waals surface area contributed by atoms with Crippen molar-refractivity contribution < 1.29 is 182 Å². The summed E-state index contributed by atoms with van der Waals surface area (Å²) in [6.07, 6.45) is -54.7. The number of methoxy groups -OCH3 is 1. The van der Waals surface area contributed by atoms with Gasteiger partial charge in [-0.25, -0.2) is 14.2 Å². The van der Waals surface area contributed by atoms with Crippen LogP contribution in [-0.2, 0) is 63.5 Å². The van der Waals surface area contributed by atoms with Gasteiger partial charge < -0.3 is 44.6 Å². The zero-order valence-electron chi connectivity index (χ0n) is 46.8. The molecule has 0 unspecified atom stereocenters. The predicted molar refractivity (Wildman–Crippen MR) is 244 cm³/mol. The molecular weight excluding hydrogens is 1310 g/mol. The normalized spacial score (nSPS) is 14.4. The molecule has 85 heavy (non-hydrogen) atoms. The Labute approximate surface area is 473 Å². The maximum atomic E-state index is 13.5. The van der Waals surface area contributed by atoms with Crippen molar-refractivity contribution in [3.8, 4) is 0 Å². The molecule has 0 aliphatic rings. The molecule has 0 aliphatic carbocycles. The van der Waals surface area contributed by atoms with Gasteiger partial charge in [-0.3, -0.25) is 4.74 Å². The van der Waals surface area contributed by atoms with E-state index in [9.17, 15) is 119 Å².